The van der Waals surface area contributed by atoms with Gasteiger partial charge in [-0.25, -0.2) is 4.79 Å². The highest BCUT2D eigenvalue weighted by molar-refractivity contribution is 5.64. The topological polar surface area (TPSA) is 113 Å². The van der Waals surface area contributed by atoms with Gasteiger partial charge in [0.05, 0.1) is 17.6 Å². The molecular weight excluding hydrogens is 216 g/mol. The number of carboxylic acid groups (broad SMARTS) is 1. The van der Waals surface area contributed by atoms with Gasteiger partial charge in [0, 0.05) is 12.1 Å². The molecule has 0 bridgehead atoms. The second-order valence-electron chi connectivity index (χ2n) is 3.05. The van der Waals surface area contributed by atoms with Crippen molar-refractivity contribution in [2.75, 3.05) is 6.54 Å². The molecule has 0 aliphatic heterocycles. The summed E-state index contributed by atoms with van der Waals surface area (Å²) in [5.41, 5.74) is 0.335. The second-order valence-corrected chi connectivity index (χ2v) is 3.05. The van der Waals surface area contributed by atoms with Crippen molar-refractivity contribution in [3.8, 4) is 0 Å². The third-order valence-corrected chi connectivity index (χ3v) is 1.94. The minimum atomic E-state index is -1.24. The van der Waals surface area contributed by atoms with Crippen molar-refractivity contribution in [3.05, 3.63) is 39.9 Å². The number of rotatable bonds is 4. The van der Waals surface area contributed by atoms with Gasteiger partial charge in [-0.1, -0.05) is 0 Å². The Kier molecular flexibility index (Phi) is 3.78. The van der Waals surface area contributed by atoms with Crippen LogP contribution in [0.3, 0.4) is 0 Å². The predicted octanol–water partition coefficient (Wildman–Crippen LogP) is 0.896. The van der Waals surface area contributed by atoms with Gasteiger partial charge < -0.3 is 15.5 Å². The number of carbonyl (C=O) groups is 1. The molecule has 86 valence electrons. The van der Waals surface area contributed by atoms with Crippen LogP contribution in [0.2, 0.25) is 0 Å². The van der Waals surface area contributed by atoms with Crippen molar-refractivity contribution in [1.82, 2.24) is 5.32 Å². The first-order chi connectivity index (χ1) is 7.50. The molecule has 0 aliphatic carbocycles. The zero-order chi connectivity index (χ0) is 12.1. The van der Waals surface area contributed by atoms with Crippen LogP contribution in [0.25, 0.3) is 0 Å². The maximum atomic E-state index is 10.4. The summed E-state index contributed by atoms with van der Waals surface area (Å²) >= 11 is 0. The molecule has 0 aromatic heterocycles. The lowest BCUT2D eigenvalue weighted by Gasteiger charge is -2.09. The standard InChI is InChI=1S/C9H10N2O5/c12-8(5-10-9(13)14)6-1-3-7(4-2-6)11(15)16/h1-4,8,10,12H,5H2,(H,13,14)/t8-/m0/s1. The van der Waals surface area contributed by atoms with Gasteiger partial charge in [-0.15, -0.1) is 0 Å². The molecule has 0 radical (unpaired) electrons. The zero-order valence-corrected chi connectivity index (χ0v) is 8.16. The Labute approximate surface area is 90.5 Å². The first-order valence-electron chi connectivity index (χ1n) is 4.40. The Morgan fingerprint density at radius 2 is 2.00 bits per heavy atom. The molecule has 0 unspecified atom stereocenters. The maximum absolute atomic E-state index is 10.4. The van der Waals surface area contributed by atoms with Gasteiger partial charge in [0.1, 0.15) is 0 Å². The van der Waals surface area contributed by atoms with Crippen molar-refractivity contribution in [2.45, 2.75) is 6.10 Å². The van der Waals surface area contributed by atoms with E-state index in [4.69, 9.17) is 5.11 Å². The number of benzene rings is 1. The molecule has 3 N–H and O–H groups in total. The van der Waals surface area contributed by atoms with Crippen molar-refractivity contribution >= 4 is 11.8 Å². The summed E-state index contributed by atoms with van der Waals surface area (Å²) in [7, 11) is 0. The SMILES string of the molecule is O=C(O)NC[C@H](O)c1ccc([N+](=O)[O-])cc1. The Balaban J connectivity index is 2.66. The number of nitro benzene ring substituents is 1. The van der Waals surface area contributed by atoms with Crippen LogP contribution in [-0.4, -0.2) is 27.8 Å². The highest BCUT2D eigenvalue weighted by Crippen LogP contribution is 2.17. The molecule has 7 heteroatoms. The number of nitrogens with zero attached hydrogens (tertiary/aromatic N) is 1. The minimum absolute atomic E-state index is 0.0813. The van der Waals surface area contributed by atoms with Crippen molar-refractivity contribution in [3.63, 3.8) is 0 Å². The second kappa shape index (κ2) is 5.08. The van der Waals surface area contributed by atoms with E-state index in [0.29, 0.717) is 5.56 Å². The van der Waals surface area contributed by atoms with Crippen LogP contribution in [0.5, 0.6) is 0 Å². The van der Waals surface area contributed by atoms with Crippen molar-refractivity contribution in [2.24, 2.45) is 0 Å². The predicted molar refractivity (Wildman–Crippen MR) is 54.1 cm³/mol. The Bertz CT molecular complexity index is 389. The van der Waals surface area contributed by atoms with E-state index in [2.05, 4.69) is 0 Å². The average molecular weight is 226 g/mol. The third kappa shape index (κ3) is 3.21. The lowest BCUT2D eigenvalue weighted by atomic mass is 10.1. The van der Waals surface area contributed by atoms with E-state index < -0.39 is 17.1 Å². The van der Waals surface area contributed by atoms with Gasteiger partial charge in [-0.3, -0.25) is 10.1 Å². The molecule has 1 aromatic rings. The van der Waals surface area contributed by atoms with E-state index in [1.54, 1.807) is 0 Å². The number of non-ortho nitro benzene ring substituents is 1. The summed E-state index contributed by atoms with van der Waals surface area (Å²) in [6.07, 6.45) is -2.25. The van der Waals surface area contributed by atoms with Crippen LogP contribution < -0.4 is 5.32 Å². The summed E-state index contributed by atoms with van der Waals surface area (Å²) in [6, 6.07) is 5.26. The first kappa shape index (κ1) is 11.9. The number of aliphatic hydroxyl groups excluding tert-OH is 1. The van der Waals surface area contributed by atoms with Gasteiger partial charge in [0.15, 0.2) is 0 Å². The first-order valence-corrected chi connectivity index (χ1v) is 4.40. The molecule has 1 amide bonds. The monoisotopic (exact) mass is 226 g/mol. The summed E-state index contributed by atoms with van der Waals surface area (Å²) < 4.78 is 0. The van der Waals surface area contributed by atoms with E-state index >= 15 is 0 Å². The van der Waals surface area contributed by atoms with Crippen LogP contribution >= 0.6 is 0 Å². The van der Waals surface area contributed by atoms with Crippen molar-refractivity contribution in [1.29, 1.82) is 0 Å². The number of nitrogens with one attached hydrogen (secondary N) is 1. The van der Waals surface area contributed by atoms with Crippen LogP contribution in [0, 0.1) is 10.1 Å². The number of hydrogen-bond acceptors (Lipinski definition) is 4. The fraction of sp³-hybridized carbons (Fsp3) is 0.222. The van der Waals surface area contributed by atoms with Gasteiger partial charge in [0.25, 0.3) is 5.69 Å². The molecule has 0 heterocycles. The van der Waals surface area contributed by atoms with E-state index in [1.165, 1.54) is 24.3 Å². The highest BCUT2D eigenvalue weighted by Gasteiger charge is 2.11. The molecule has 0 saturated carbocycles. The van der Waals surface area contributed by atoms with Crippen LogP contribution in [0.1, 0.15) is 11.7 Å². The maximum Gasteiger partial charge on any atom is 0.404 e. The normalized spacial score (nSPS) is 11.8. The average Bonchev–Trinajstić information content (AvgIpc) is 2.26. The Hall–Kier alpha value is -2.15. The molecule has 7 nitrogen and oxygen atoms in total. The van der Waals surface area contributed by atoms with Crippen LogP contribution in [0.15, 0.2) is 24.3 Å². The molecule has 0 aliphatic rings. The van der Waals surface area contributed by atoms with Gasteiger partial charge >= 0.3 is 6.09 Å². The molecule has 1 atom stereocenters. The summed E-state index contributed by atoms with van der Waals surface area (Å²) in [6.45, 7) is -0.160. The van der Waals surface area contributed by atoms with Crippen LogP contribution in [0.4, 0.5) is 10.5 Å². The van der Waals surface area contributed by atoms with Gasteiger partial charge in [-0.05, 0) is 17.7 Å². The smallest absolute Gasteiger partial charge is 0.404 e. The number of hydrogen-bond donors (Lipinski definition) is 3. The lowest BCUT2D eigenvalue weighted by molar-refractivity contribution is -0.384. The molecule has 0 spiro atoms. The number of nitro groups is 1. The third-order valence-electron chi connectivity index (χ3n) is 1.94. The molecule has 1 aromatic carbocycles. The number of amides is 1. The van der Waals surface area contributed by atoms with E-state index in [1.807, 2.05) is 5.32 Å². The van der Waals surface area contributed by atoms with Crippen molar-refractivity contribution < 1.29 is 19.9 Å². The zero-order valence-electron chi connectivity index (χ0n) is 8.16. The quantitative estimate of drug-likeness (QED) is 0.521. The summed E-state index contributed by atoms with van der Waals surface area (Å²) in [5.74, 6) is 0. The van der Waals surface area contributed by atoms with Crippen LogP contribution in [-0.2, 0) is 0 Å². The van der Waals surface area contributed by atoms with E-state index in [0.717, 1.165) is 0 Å². The molecule has 16 heavy (non-hydrogen) atoms. The molecular formula is C9H10N2O5. The summed E-state index contributed by atoms with van der Waals surface area (Å²) in [5, 5.41) is 30.2. The van der Waals surface area contributed by atoms with E-state index in [9.17, 15) is 20.0 Å². The van der Waals surface area contributed by atoms with Gasteiger partial charge in [0.2, 0.25) is 0 Å². The Morgan fingerprint density at radius 1 is 1.44 bits per heavy atom. The highest BCUT2D eigenvalue weighted by atomic mass is 16.6. The lowest BCUT2D eigenvalue weighted by Crippen LogP contribution is -2.26. The summed E-state index contributed by atoms with van der Waals surface area (Å²) in [4.78, 5) is 20.0. The Morgan fingerprint density at radius 3 is 2.44 bits per heavy atom. The molecule has 0 saturated heterocycles. The largest absolute Gasteiger partial charge is 0.465 e. The fourth-order valence-electron chi connectivity index (χ4n) is 1.12. The molecule has 1 rings (SSSR count). The van der Waals surface area contributed by atoms with E-state index in [-0.39, 0.29) is 12.2 Å². The minimum Gasteiger partial charge on any atom is -0.465 e. The fourth-order valence-corrected chi connectivity index (χ4v) is 1.12. The van der Waals surface area contributed by atoms with Gasteiger partial charge in [-0.2, -0.15) is 0 Å². The molecule has 0 fully saturated rings. The number of aliphatic hydroxyl groups is 1.